The Kier molecular flexibility index (Phi) is 2.43. The smallest absolute Gasteiger partial charge is 0.194 e. The third kappa shape index (κ3) is 1.37. The van der Waals surface area contributed by atoms with Gasteiger partial charge in [-0.15, -0.1) is 0 Å². The zero-order valence-corrected chi connectivity index (χ0v) is 11.5. The highest BCUT2D eigenvalue weighted by Crippen LogP contribution is 2.46. The fraction of sp³-hybridized carbons (Fsp3) is 0.188. The van der Waals surface area contributed by atoms with Gasteiger partial charge in [-0.25, -0.2) is 0 Å². The van der Waals surface area contributed by atoms with E-state index in [1.807, 2.05) is 53.4 Å². The van der Waals surface area contributed by atoms with Crippen LogP contribution >= 0.6 is 11.6 Å². The molecule has 0 unspecified atom stereocenters. The summed E-state index contributed by atoms with van der Waals surface area (Å²) in [5.41, 5.74) is 1.28. The lowest BCUT2D eigenvalue weighted by Crippen LogP contribution is -2.43. The largest absolute Gasteiger partial charge is 0.363 e. The van der Waals surface area contributed by atoms with Gasteiger partial charge in [0.05, 0.1) is 6.54 Å². The molecule has 2 aliphatic rings. The maximum absolute atomic E-state index is 11.4. The van der Waals surface area contributed by atoms with Crippen molar-refractivity contribution in [2.75, 3.05) is 13.1 Å². The van der Waals surface area contributed by atoms with E-state index in [-0.39, 0.29) is 0 Å². The summed E-state index contributed by atoms with van der Waals surface area (Å²) in [6.45, 7) is 1.40. The van der Waals surface area contributed by atoms with Crippen LogP contribution in [0.2, 0.25) is 5.02 Å². The van der Waals surface area contributed by atoms with Gasteiger partial charge in [0.2, 0.25) is 0 Å². The Hall–Kier alpha value is -1.84. The standard InChI is InChI=1S/C16H13ClN2O/c17-13-8-4-7-12-14(13)16(20,11-5-2-1-3-6-11)19-10-9-18-15(12)19/h1-8,20H,9-10H2/t16-/m1/s1. The van der Waals surface area contributed by atoms with Crippen LogP contribution in [0, 0.1) is 0 Å². The second-order valence-electron chi connectivity index (χ2n) is 5.06. The number of hydrogen-bond acceptors (Lipinski definition) is 3. The van der Waals surface area contributed by atoms with E-state index in [9.17, 15) is 5.11 Å². The molecule has 0 aromatic heterocycles. The first-order valence-corrected chi connectivity index (χ1v) is 7.00. The van der Waals surface area contributed by atoms with E-state index in [0.717, 1.165) is 22.5 Å². The quantitative estimate of drug-likeness (QED) is 0.874. The maximum atomic E-state index is 11.4. The van der Waals surface area contributed by atoms with E-state index in [1.54, 1.807) is 0 Å². The second-order valence-corrected chi connectivity index (χ2v) is 5.46. The Bertz CT molecular complexity index is 714. The summed E-state index contributed by atoms with van der Waals surface area (Å²) >= 11 is 6.37. The van der Waals surface area contributed by atoms with Gasteiger partial charge in [0.1, 0.15) is 5.84 Å². The van der Waals surface area contributed by atoms with Crippen LogP contribution in [0.1, 0.15) is 16.7 Å². The number of amidine groups is 1. The van der Waals surface area contributed by atoms with Crippen LogP contribution in [0.15, 0.2) is 53.5 Å². The average molecular weight is 285 g/mol. The van der Waals surface area contributed by atoms with E-state index in [1.165, 1.54) is 0 Å². The molecule has 0 spiro atoms. The Morgan fingerprint density at radius 2 is 1.90 bits per heavy atom. The molecule has 2 aromatic rings. The Balaban J connectivity index is 2.04. The zero-order valence-electron chi connectivity index (χ0n) is 10.8. The first-order valence-electron chi connectivity index (χ1n) is 6.62. The molecule has 3 nitrogen and oxygen atoms in total. The van der Waals surface area contributed by atoms with Crippen molar-refractivity contribution >= 4 is 17.4 Å². The van der Waals surface area contributed by atoms with Gasteiger partial charge in [-0.05, 0) is 6.07 Å². The van der Waals surface area contributed by atoms with Crippen LogP contribution in [0.4, 0.5) is 0 Å². The Morgan fingerprint density at radius 3 is 2.70 bits per heavy atom. The molecular weight excluding hydrogens is 272 g/mol. The Morgan fingerprint density at radius 1 is 1.10 bits per heavy atom. The fourth-order valence-corrected chi connectivity index (χ4v) is 3.47. The molecule has 2 aliphatic heterocycles. The highest BCUT2D eigenvalue weighted by Gasteiger charge is 2.50. The maximum Gasteiger partial charge on any atom is 0.194 e. The first-order chi connectivity index (χ1) is 9.73. The first kappa shape index (κ1) is 11.9. The van der Waals surface area contributed by atoms with Gasteiger partial charge in [0, 0.05) is 28.3 Å². The summed E-state index contributed by atoms with van der Waals surface area (Å²) in [4.78, 5) is 6.47. The van der Waals surface area contributed by atoms with E-state index < -0.39 is 5.72 Å². The summed E-state index contributed by atoms with van der Waals surface area (Å²) in [6, 6.07) is 15.3. The van der Waals surface area contributed by atoms with Gasteiger partial charge in [-0.2, -0.15) is 0 Å². The molecule has 4 heteroatoms. The monoisotopic (exact) mass is 284 g/mol. The summed E-state index contributed by atoms with van der Waals surface area (Å²) in [6.07, 6.45) is 0. The van der Waals surface area contributed by atoms with Crippen LogP contribution in [0.25, 0.3) is 0 Å². The van der Waals surface area contributed by atoms with Crippen LogP contribution < -0.4 is 0 Å². The summed E-state index contributed by atoms with van der Waals surface area (Å²) in [5, 5.41) is 12.0. The average Bonchev–Trinajstić information content (AvgIpc) is 3.04. The van der Waals surface area contributed by atoms with Crippen LogP contribution in [0.5, 0.6) is 0 Å². The minimum Gasteiger partial charge on any atom is -0.363 e. The lowest BCUT2D eigenvalue weighted by molar-refractivity contribution is -0.0241. The summed E-state index contributed by atoms with van der Waals surface area (Å²) in [7, 11) is 0. The number of nitrogens with zero attached hydrogens (tertiary/aromatic N) is 2. The van der Waals surface area contributed by atoms with E-state index >= 15 is 0 Å². The molecule has 20 heavy (non-hydrogen) atoms. The van der Waals surface area contributed by atoms with Crippen molar-refractivity contribution in [2.45, 2.75) is 5.72 Å². The number of halogens is 1. The van der Waals surface area contributed by atoms with Crippen LogP contribution in [-0.4, -0.2) is 28.9 Å². The molecular formula is C16H13ClN2O. The third-order valence-corrected chi connectivity index (χ3v) is 4.33. The Labute approximate surface area is 122 Å². The van der Waals surface area contributed by atoms with Crippen molar-refractivity contribution in [3.05, 3.63) is 70.2 Å². The van der Waals surface area contributed by atoms with Crippen molar-refractivity contribution in [3.8, 4) is 0 Å². The van der Waals surface area contributed by atoms with Crippen molar-refractivity contribution in [3.63, 3.8) is 0 Å². The van der Waals surface area contributed by atoms with Gasteiger partial charge in [0.15, 0.2) is 5.72 Å². The number of hydrogen-bond donors (Lipinski definition) is 1. The lowest BCUT2D eigenvalue weighted by atomic mass is 9.93. The van der Waals surface area contributed by atoms with Gasteiger partial charge in [-0.3, -0.25) is 4.99 Å². The molecule has 100 valence electrons. The molecule has 0 radical (unpaired) electrons. The molecule has 0 saturated carbocycles. The lowest BCUT2D eigenvalue weighted by Gasteiger charge is -2.34. The number of aliphatic imine (C=N–C) groups is 1. The molecule has 0 bridgehead atoms. The molecule has 4 rings (SSSR count). The number of fused-ring (bicyclic) bond motifs is 3. The van der Waals surface area contributed by atoms with E-state index in [2.05, 4.69) is 4.99 Å². The minimum atomic E-state index is -1.22. The molecule has 0 saturated heterocycles. The van der Waals surface area contributed by atoms with Crippen LogP contribution in [0.3, 0.4) is 0 Å². The van der Waals surface area contributed by atoms with Crippen molar-refractivity contribution in [1.82, 2.24) is 4.90 Å². The van der Waals surface area contributed by atoms with Gasteiger partial charge >= 0.3 is 0 Å². The van der Waals surface area contributed by atoms with Gasteiger partial charge < -0.3 is 10.0 Å². The van der Waals surface area contributed by atoms with Crippen molar-refractivity contribution in [2.24, 2.45) is 4.99 Å². The zero-order chi connectivity index (χ0) is 13.7. The molecule has 2 heterocycles. The van der Waals surface area contributed by atoms with Crippen molar-refractivity contribution < 1.29 is 5.11 Å². The topological polar surface area (TPSA) is 35.8 Å². The van der Waals surface area contributed by atoms with E-state index in [0.29, 0.717) is 18.1 Å². The molecule has 0 aliphatic carbocycles. The summed E-state index contributed by atoms with van der Waals surface area (Å²) < 4.78 is 0. The minimum absolute atomic E-state index is 0.575. The normalized spacial score (nSPS) is 23.5. The molecule has 0 fully saturated rings. The molecule has 1 N–H and O–H groups in total. The number of benzene rings is 2. The second kappa shape index (κ2) is 4.08. The SMILES string of the molecule is O[C@]1(c2ccccc2)c2c(Cl)cccc2C2=NCCN21. The predicted octanol–water partition coefficient (Wildman–Crippen LogP) is 2.61. The molecule has 1 atom stereocenters. The van der Waals surface area contributed by atoms with E-state index in [4.69, 9.17) is 11.6 Å². The van der Waals surface area contributed by atoms with Crippen LogP contribution in [-0.2, 0) is 5.72 Å². The highest BCUT2D eigenvalue weighted by atomic mass is 35.5. The third-order valence-electron chi connectivity index (χ3n) is 4.01. The highest BCUT2D eigenvalue weighted by molar-refractivity contribution is 6.32. The van der Waals surface area contributed by atoms with Gasteiger partial charge in [0.25, 0.3) is 0 Å². The van der Waals surface area contributed by atoms with Gasteiger partial charge in [-0.1, -0.05) is 54.1 Å². The van der Waals surface area contributed by atoms with Crippen molar-refractivity contribution in [1.29, 1.82) is 0 Å². The number of rotatable bonds is 1. The fourth-order valence-electron chi connectivity index (χ4n) is 3.16. The molecule has 2 aromatic carbocycles. The predicted molar refractivity (Wildman–Crippen MR) is 79.0 cm³/mol. The molecule has 0 amide bonds. The summed E-state index contributed by atoms with van der Waals surface area (Å²) in [5.74, 6) is 0.842. The number of aliphatic hydroxyl groups is 1.